The van der Waals surface area contributed by atoms with Crippen molar-refractivity contribution in [3.8, 4) is 0 Å². The van der Waals surface area contributed by atoms with E-state index >= 15 is 0 Å². The Labute approximate surface area is 107 Å². The van der Waals surface area contributed by atoms with E-state index in [1.807, 2.05) is 19.1 Å². The summed E-state index contributed by atoms with van der Waals surface area (Å²) < 4.78 is 0. The monoisotopic (exact) mass is 237 g/mol. The van der Waals surface area contributed by atoms with Crippen LogP contribution in [0, 0.1) is 6.92 Å². The summed E-state index contributed by atoms with van der Waals surface area (Å²) in [6.45, 7) is 1.96. The average molecular weight is 237 g/mol. The van der Waals surface area contributed by atoms with Crippen molar-refractivity contribution in [2.24, 2.45) is 0 Å². The molecule has 0 N–H and O–H groups in total. The molecule has 1 aromatic heterocycles. The molecule has 0 fully saturated rings. The van der Waals surface area contributed by atoms with E-state index in [2.05, 4.69) is 23.2 Å². The van der Waals surface area contributed by atoms with E-state index in [4.69, 9.17) is 0 Å². The number of hydrogen-bond donors (Lipinski definition) is 0. The predicted molar refractivity (Wildman–Crippen MR) is 70.8 cm³/mol. The third-order valence-electron chi connectivity index (χ3n) is 3.73. The minimum absolute atomic E-state index is 0.208. The third kappa shape index (κ3) is 1.84. The van der Waals surface area contributed by atoms with E-state index in [1.54, 1.807) is 12.4 Å². The number of Topliss-reactive ketones (excluding diaryl/α,β-unsaturated/α-hetero) is 1. The number of aryl methyl sites for hydroxylation is 1. The minimum Gasteiger partial charge on any atom is -0.294 e. The van der Waals surface area contributed by atoms with E-state index in [1.165, 1.54) is 11.1 Å². The van der Waals surface area contributed by atoms with Gasteiger partial charge >= 0.3 is 0 Å². The summed E-state index contributed by atoms with van der Waals surface area (Å²) in [6.07, 6.45) is 5.04. The zero-order valence-electron chi connectivity index (χ0n) is 10.4. The van der Waals surface area contributed by atoms with Crippen LogP contribution in [0.15, 0.2) is 42.7 Å². The van der Waals surface area contributed by atoms with Crippen molar-refractivity contribution in [1.82, 2.24) is 4.98 Å². The number of hydrogen-bond acceptors (Lipinski definition) is 2. The Morgan fingerprint density at radius 3 is 2.94 bits per heavy atom. The topological polar surface area (TPSA) is 30.0 Å². The van der Waals surface area contributed by atoms with Crippen LogP contribution >= 0.6 is 0 Å². The summed E-state index contributed by atoms with van der Waals surface area (Å²) in [4.78, 5) is 16.3. The number of carbonyl (C=O) groups excluding carboxylic acids is 1. The van der Waals surface area contributed by atoms with E-state index < -0.39 is 0 Å². The molecule has 0 aliphatic heterocycles. The van der Waals surface area contributed by atoms with Crippen molar-refractivity contribution in [3.05, 3.63) is 65.0 Å². The zero-order valence-corrected chi connectivity index (χ0v) is 10.4. The highest BCUT2D eigenvalue weighted by atomic mass is 16.1. The fourth-order valence-electron chi connectivity index (χ4n) is 2.63. The maximum absolute atomic E-state index is 12.2. The second-order valence-electron chi connectivity index (χ2n) is 4.92. The van der Waals surface area contributed by atoms with Gasteiger partial charge in [-0.2, -0.15) is 0 Å². The molecule has 1 atom stereocenters. The highest BCUT2D eigenvalue weighted by molar-refractivity contribution is 5.97. The summed E-state index contributed by atoms with van der Waals surface area (Å²) in [6, 6.07) is 10.3. The van der Waals surface area contributed by atoms with Crippen LogP contribution in [-0.4, -0.2) is 10.8 Å². The van der Waals surface area contributed by atoms with Crippen LogP contribution in [-0.2, 0) is 6.42 Å². The molecule has 2 heteroatoms. The van der Waals surface area contributed by atoms with Gasteiger partial charge in [-0.15, -0.1) is 0 Å². The van der Waals surface area contributed by atoms with Crippen molar-refractivity contribution in [3.63, 3.8) is 0 Å². The number of nitrogens with zero attached hydrogens (tertiary/aromatic N) is 1. The molecule has 18 heavy (non-hydrogen) atoms. The number of carbonyl (C=O) groups is 1. The molecule has 90 valence electrons. The van der Waals surface area contributed by atoms with Gasteiger partial charge in [0.15, 0.2) is 5.78 Å². The van der Waals surface area contributed by atoms with Gasteiger partial charge in [0.1, 0.15) is 0 Å². The fourth-order valence-corrected chi connectivity index (χ4v) is 2.63. The maximum atomic E-state index is 12.2. The van der Waals surface area contributed by atoms with Crippen LogP contribution in [0.2, 0.25) is 0 Å². The molecular formula is C16H15NO. The molecule has 1 heterocycles. The molecule has 1 unspecified atom stereocenters. The summed E-state index contributed by atoms with van der Waals surface area (Å²) in [5.74, 6) is 0.605. The summed E-state index contributed by atoms with van der Waals surface area (Å²) in [5, 5.41) is 0. The van der Waals surface area contributed by atoms with Crippen molar-refractivity contribution in [2.75, 3.05) is 0 Å². The summed E-state index contributed by atoms with van der Waals surface area (Å²) in [7, 11) is 0. The molecule has 0 amide bonds. The Morgan fingerprint density at radius 2 is 2.17 bits per heavy atom. The number of benzene rings is 1. The molecule has 3 rings (SSSR count). The van der Waals surface area contributed by atoms with Crippen LogP contribution in [0.1, 0.15) is 39.4 Å². The Hall–Kier alpha value is -1.96. The van der Waals surface area contributed by atoms with Crippen LogP contribution in [0.25, 0.3) is 0 Å². The van der Waals surface area contributed by atoms with Gasteiger partial charge in [-0.05, 0) is 42.0 Å². The molecule has 0 saturated carbocycles. The van der Waals surface area contributed by atoms with Crippen molar-refractivity contribution in [2.45, 2.75) is 25.7 Å². The van der Waals surface area contributed by atoms with E-state index in [0.29, 0.717) is 12.3 Å². The van der Waals surface area contributed by atoms with E-state index in [0.717, 1.165) is 17.5 Å². The Kier molecular flexibility index (Phi) is 2.71. The molecule has 0 saturated heterocycles. The molecular weight excluding hydrogens is 222 g/mol. The zero-order chi connectivity index (χ0) is 12.5. The number of aromatic nitrogens is 1. The van der Waals surface area contributed by atoms with Gasteiger partial charge in [-0.3, -0.25) is 9.78 Å². The van der Waals surface area contributed by atoms with Crippen LogP contribution in [0.3, 0.4) is 0 Å². The van der Waals surface area contributed by atoms with Gasteiger partial charge in [-0.25, -0.2) is 0 Å². The van der Waals surface area contributed by atoms with Crippen molar-refractivity contribution >= 4 is 5.78 Å². The number of ketones is 1. The summed E-state index contributed by atoms with van der Waals surface area (Å²) in [5.41, 5.74) is 4.51. The standard InChI is InChI=1S/C16H15NO/c1-11-6-7-17-10-15(11)16(18)9-13-8-12-4-2-3-5-14(12)13/h2-7,10,13H,8-9H2,1H3. The second kappa shape index (κ2) is 4.37. The lowest BCUT2D eigenvalue weighted by atomic mass is 9.74. The molecule has 2 aromatic rings. The minimum atomic E-state index is 0.208. The molecule has 0 radical (unpaired) electrons. The number of rotatable bonds is 3. The van der Waals surface area contributed by atoms with Crippen molar-refractivity contribution in [1.29, 1.82) is 0 Å². The molecule has 0 spiro atoms. The van der Waals surface area contributed by atoms with Crippen LogP contribution < -0.4 is 0 Å². The first-order valence-corrected chi connectivity index (χ1v) is 6.27. The quantitative estimate of drug-likeness (QED) is 0.767. The first-order chi connectivity index (χ1) is 8.75. The van der Waals surface area contributed by atoms with Crippen LogP contribution in [0.5, 0.6) is 0 Å². The lowest BCUT2D eigenvalue weighted by Gasteiger charge is -2.29. The molecule has 1 aromatic carbocycles. The average Bonchev–Trinajstić information content (AvgIpc) is 2.36. The predicted octanol–water partition coefficient (Wildman–Crippen LogP) is 3.30. The van der Waals surface area contributed by atoms with Gasteiger partial charge in [0.2, 0.25) is 0 Å². The van der Waals surface area contributed by atoms with Gasteiger partial charge in [-0.1, -0.05) is 24.3 Å². The number of fused-ring (bicyclic) bond motifs is 1. The Balaban J connectivity index is 1.76. The maximum Gasteiger partial charge on any atom is 0.165 e. The van der Waals surface area contributed by atoms with E-state index in [-0.39, 0.29) is 5.78 Å². The largest absolute Gasteiger partial charge is 0.294 e. The highest BCUT2D eigenvalue weighted by Crippen LogP contribution is 2.37. The molecule has 1 aliphatic rings. The fraction of sp³-hybridized carbons (Fsp3) is 0.250. The first-order valence-electron chi connectivity index (χ1n) is 6.27. The second-order valence-corrected chi connectivity index (χ2v) is 4.92. The van der Waals surface area contributed by atoms with Gasteiger partial charge < -0.3 is 0 Å². The normalized spacial score (nSPS) is 16.8. The van der Waals surface area contributed by atoms with E-state index in [9.17, 15) is 4.79 Å². The summed E-state index contributed by atoms with van der Waals surface area (Å²) >= 11 is 0. The van der Waals surface area contributed by atoms with Gasteiger partial charge in [0, 0.05) is 24.4 Å². The molecule has 2 nitrogen and oxygen atoms in total. The molecule has 0 bridgehead atoms. The van der Waals surface area contributed by atoms with Crippen LogP contribution in [0.4, 0.5) is 0 Å². The Bertz CT molecular complexity index is 604. The van der Waals surface area contributed by atoms with Gasteiger partial charge in [0.05, 0.1) is 0 Å². The SMILES string of the molecule is Cc1ccncc1C(=O)CC1Cc2ccccc21. The third-order valence-corrected chi connectivity index (χ3v) is 3.73. The van der Waals surface area contributed by atoms with Crippen molar-refractivity contribution < 1.29 is 4.79 Å². The van der Waals surface area contributed by atoms with Gasteiger partial charge in [0.25, 0.3) is 0 Å². The Morgan fingerprint density at radius 1 is 1.33 bits per heavy atom. The number of pyridine rings is 1. The first kappa shape index (κ1) is 11.1. The highest BCUT2D eigenvalue weighted by Gasteiger charge is 2.28. The lowest BCUT2D eigenvalue weighted by molar-refractivity contribution is 0.0969. The molecule has 1 aliphatic carbocycles. The lowest BCUT2D eigenvalue weighted by Crippen LogP contribution is -2.20. The smallest absolute Gasteiger partial charge is 0.165 e.